The summed E-state index contributed by atoms with van der Waals surface area (Å²) in [5.41, 5.74) is 17.6. The van der Waals surface area contributed by atoms with Crippen LogP contribution in [0.2, 0.25) is 0 Å². The first kappa shape index (κ1) is 57.4. The highest BCUT2D eigenvalue weighted by Crippen LogP contribution is 2.33. The van der Waals surface area contributed by atoms with Crippen LogP contribution in [-0.2, 0) is 45.0 Å². The van der Waals surface area contributed by atoms with Gasteiger partial charge in [0.05, 0.1) is 55.5 Å². The van der Waals surface area contributed by atoms with Gasteiger partial charge in [-0.3, -0.25) is 18.7 Å². The lowest BCUT2D eigenvalue weighted by Gasteiger charge is -2.33. The highest BCUT2D eigenvalue weighted by molar-refractivity contribution is 5.80. The van der Waals surface area contributed by atoms with Crippen molar-refractivity contribution in [2.75, 3.05) is 53.6 Å². The van der Waals surface area contributed by atoms with Gasteiger partial charge in [-0.1, -0.05) is 79.7 Å². The molecule has 0 saturated carbocycles. The quantitative estimate of drug-likeness (QED) is 0.0622. The van der Waals surface area contributed by atoms with E-state index >= 15 is 0 Å². The number of nitrogens with zero attached hydrogens (tertiary/aromatic N) is 8. The van der Waals surface area contributed by atoms with Crippen LogP contribution in [0.4, 0.5) is 0 Å². The predicted molar refractivity (Wildman–Crippen MR) is 331 cm³/mol. The average molecular weight is 1130 g/mol. The number of carbonyl (C=O) groups is 2. The van der Waals surface area contributed by atoms with E-state index in [2.05, 4.69) is 73.4 Å². The molecule has 12 rings (SSSR count). The molecule has 436 valence electrons. The van der Waals surface area contributed by atoms with Crippen LogP contribution < -0.4 is 17.1 Å². The van der Waals surface area contributed by atoms with Crippen molar-refractivity contribution in [3.05, 3.63) is 189 Å². The number of carbonyl (C=O) groups excluding carboxylic acids is 2. The van der Waals surface area contributed by atoms with E-state index in [0.29, 0.717) is 45.6 Å². The summed E-state index contributed by atoms with van der Waals surface area (Å²) in [4.78, 5) is 71.8. The van der Waals surface area contributed by atoms with Crippen molar-refractivity contribution < 1.29 is 19.1 Å². The zero-order chi connectivity index (χ0) is 58.1. The van der Waals surface area contributed by atoms with Gasteiger partial charge < -0.3 is 44.1 Å². The van der Waals surface area contributed by atoms with Gasteiger partial charge in [-0.2, -0.15) is 0 Å². The Morgan fingerprint density at radius 3 is 1.44 bits per heavy atom. The van der Waals surface area contributed by atoms with Gasteiger partial charge in [0.1, 0.15) is 11.6 Å². The minimum absolute atomic E-state index is 0.0937. The SMILES string of the molecule is COCCCn1c([C@@H]2CCCN(C(=O)C[C@H](C)Cc3ccc(-n4c(=O)[nH]c5ccccc54)cc3)C2)nc2ccccc21.COCCCn1c([C@@H]2CCCN(C(=O)C[C@H](N)Cc3ccc(-n4c(=O)[nH]c5ccccc54)cc3)C2)nc2ccccc21. The smallest absolute Gasteiger partial charge is 0.331 e. The van der Waals surface area contributed by atoms with Gasteiger partial charge >= 0.3 is 11.4 Å². The molecule has 2 aliphatic heterocycles. The van der Waals surface area contributed by atoms with E-state index in [1.165, 1.54) is 0 Å². The number of aryl methyl sites for hydroxylation is 2. The van der Waals surface area contributed by atoms with Crippen molar-refractivity contribution in [1.82, 2.24) is 48.0 Å². The number of benzene rings is 6. The molecule has 4 aromatic heterocycles. The van der Waals surface area contributed by atoms with E-state index in [1.54, 1.807) is 23.4 Å². The normalized spacial score (nSPS) is 16.3. The number of imidazole rings is 4. The average Bonchev–Trinajstić information content (AvgIpc) is 4.42. The van der Waals surface area contributed by atoms with Gasteiger partial charge in [0.25, 0.3) is 0 Å². The van der Waals surface area contributed by atoms with Crippen LogP contribution in [0.5, 0.6) is 0 Å². The number of H-pyrrole nitrogens is 2. The molecular weight excluding hydrogens is 1050 g/mol. The zero-order valence-corrected chi connectivity index (χ0v) is 48.5. The number of piperidine rings is 2. The van der Waals surface area contributed by atoms with Gasteiger partial charge in [-0.05, 0) is 141 Å². The molecule has 6 aromatic carbocycles. The summed E-state index contributed by atoms with van der Waals surface area (Å²) in [5, 5.41) is 0. The molecular formula is C67H77N11O6. The molecule has 2 fully saturated rings. The minimum Gasteiger partial charge on any atom is -0.385 e. The second-order valence-electron chi connectivity index (χ2n) is 22.9. The largest absolute Gasteiger partial charge is 0.385 e. The third-order valence-corrected chi connectivity index (χ3v) is 16.7. The molecule has 2 aliphatic rings. The van der Waals surface area contributed by atoms with Crippen molar-refractivity contribution in [3.8, 4) is 11.4 Å². The molecule has 2 amide bonds. The van der Waals surface area contributed by atoms with Crippen LogP contribution in [0.15, 0.2) is 155 Å². The molecule has 10 aromatic rings. The number of ether oxygens (including phenoxy) is 2. The predicted octanol–water partition coefficient (Wildman–Crippen LogP) is 10.1. The Kier molecular flexibility index (Phi) is 18.1. The highest BCUT2D eigenvalue weighted by atomic mass is 16.5. The van der Waals surface area contributed by atoms with Gasteiger partial charge in [0, 0.05) is 97.4 Å². The van der Waals surface area contributed by atoms with Gasteiger partial charge in [0.2, 0.25) is 11.8 Å². The van der Waals surface area contributed by atoms with Crippen LogP contribution in [0, 0.1) is 5.92 Å². The van der Waals surface area contributed by atoms with Crippen molar-refractivity contribution in [2.45, 2.75) is 102 Å². The molecule has 84 heavy (non-hydrogen) atoms. The second-order valence-corrected chi connectivity index (χ2v) is 22.9. The van der Waals surface area contributed by atoms with E-state index < -0.39 is 0 Å². The van der Waals surface area contributed by atoms with Gasteiger partial charge in [-0.15, -0.1) is 0 Å². The van der Waals surface area contributed by atoms with Crippen LogP contribution in [0.1, 0.15) is 92.9 Å². The third-order valence-electron chi connectivity index (χ3n) is 16.7. The number of methoxy groups -OCH3 is 2. The Morgan fingerprint density at radius 2 is 0.976 bits per heavy atom. The summed E-state index contributed by atoms with van der Waals surface area (Å²) in [6.07, 6.45) is 8.02. The fourth-order valence-corrected chi connectivity index (χ4v) is 12.7. The Morgan fingerprint density at radius 1 is 0.560 bits per heavy atom. The number of likely N-dealkylation sites (tertiary alicyclic amines) is 2. The van der Waals surface area contributed by atoms with E-state index in [-0.39, 0.29) is 47.0 Å². The summed E-state index contributed by atoms with van der Waals surface area (Å²) in [5.74, 6) is 3.09. The topological polar surface area (TPSA) is 196 Å². The summed E-state index contributed by atoms with van der Waals surface area (Å²) in [7, 11) is 3.46. The fourth-order valence-electron chi connectivity index (χ4n) is 12.7. The van der Waals surface area contributed by atoms with E-state index in [9.17, 15) is 19.2 Å². The molecule has 0 unspecified atom stereocenters. The second kappa shape index (κ2) is 26.5. The van der Waals surface area contributed by atoms with Crippen LogP contribution in [0.25, 0.3) is 55.5 Å². The number of fused-ring (bicyclic) bond motifs is 4. The molecule has 2 saturated heterocycles. The number of rotatable bonds is 20. The van der Waals surface area contributed by atoms with E-state index in [4.69, 9.17) is 25.2 Å². The standard InChI is InChI=1S/C34H39N5O3.C33H38N6O3/c1-24(21-25-14-16-27(17-15-25)39-31-13-6-4-11-29(31)36-34(39)41)22-32(40)37-18-7-9-26(23-37)33-35-28-10-3-5-12-30(28)38(33)19-8-20-42-2;1-42-19-7-18-38-29-11-4-2-9-27(29)35-32(38)24-8-6-17-37(22-24)31(40)21-25(34)20-23-13-15-26(16-14-23)39-30-12-5-3-10-28(30)36-33(39)41/h3-6,10-17,24,26H,7-9,18-23H2,1-2H3,(H,36,41);2-5,9-16,24-25H,6-8,17-22,34H2,1H3,(H,36,41)/t24-,26-;24-,25-/m11/s1. The molecule has 17 heteroatoms. The lowest BCUT2D eigenvalue weighted by Crippen LogP contribution is -2.42. The lowest BCUT2D eigenvalue weighted by atomic mass is 9.94. The Labute approximate surface area is 489 Å². The number of nitrogens with two attached hydrogens (primary N) is 1. The number of aromatic nitrogens is 8. The number of hydrogen-bond donors (Lipinski definition) is 3. The minimum atomic E-state index is -0.293. The van der Waals surface area contributed by atoms with Crippen LogP contribution in [0.3, 0.4) is 0 Å². The summed E-state index contributed by atoms with van der Waals surface area (Å²) < 4.78 is 18.6. The summed E-state index contributed by atoms with van der Waals surface area (Å²) >= 11 is 0. The first-order chi connectivity index (χ1) is 41.0. The molecule has 0 bridgehead atoms. The molecule has 0 radical (unpaired) electrons. The number of hydrogen-bond acceptors (Lipinski definition) is 9. The lowest BCUT2D eigenvalue weighted by molar-refractivity contribution is -0.133. The third kappa shape index (κ3) is 12.9. The van der Waals surface area contributed by atoms with Gasteiger partial charge in [0.15, 0.2) is 0 Å². The number of para-hydroxylation sites is 8. The first-order valence-corrected chi connectivity index (χ1v) is 29.8. The van der Waals surface area contributed by atoms with Crippen molar-refractivity contribution in [1.29, 1.82) is 0 Å². The molecule has 4 atom stereocenters. The Balaban J connectivity index is 0.000000175. The molecule has 0 aliphatic carbocycles. The maximum atomic E-state index is 13.5. The highest BCUT2D eigenvalue weighted by Gasteiger charge is 2.31. The number of aromatic amines is 2. The molecule has 0 spiro atoms. The number of nitrogens with one attached hydrogen (secondary N) is 2. The maximum Gasteiger partial charge on any atom is 0.331 e. The summed E-state index contributed by atoms with van der Waals surface area (Å²) in [6, 6.07) is 47.5. The maximum absolute atomic E-state index is 13.5. The molecule has 17 nitrogen and oxygen atoms in total. The van der Waals surface area contributed by atoms with Crippen LogP contribution >= 0.6 is 0 Å². The molecule has 4 N–H and O–H groups in total. The monoisotopic (exact) mass is 1130 g/mol. The van der Waals surface area contributed by atoms with Crippen LogP contribution in [-0.4, -0.2) is 119 Å². The van der Waals surface area contributed by atoms with Gasteiger partial charge in [-0.25, -0.2) is 19.6 Å². The van der Waals surface area contributed by atoms with Crippen molar-refractivity contribution >= 4 is 55.9 Å². The van der Waals surface area contributed by atoms with E-state index in [0.717, 1.165) is 149 Å². The molecule has 6 heterocycles. The van der Waals surface area contributed by atoms with E-state index in [1.807, 2.05) is 108 Å². The fraction of sp³-hybridized carbons (Fsp3) is 0.373. The first-order valence-electron chi connectivity index (χ1n) is 29.8. The van der Waals surface area contributed by atoms with Crippen molar-refractivity contribution in [2.24, 2.45) is 11.7 Å². The zero-order valence-electron chi connectivity index (χ0n) is 48.5. The number of amides is 2. The summed E-state index contributed by atoms with van der Waals surface area (Å²) in [6.45, 7) is 8.19. The Bertz CT molecular complexity index is 3720. The van der Waals surface area contributed by atoms with Crippen molar-refractivity contribution in [3.63, 3.8) is 0 Å². The Hall–Kier alpha value is -8.38.